The summed E-state index contributed by atoms with van der Waals surface area (Å²) in [6.45, 7) is 6.50. The van der Waals surface area contributed by atoms with Gasteiger partial charge in [0.05, 0.1) is 12.0 Å². The van der Waals surface area contributed by atoms with Crippen molar-refractivity contribution in [2.75, 3.05) is 26.2 Å². The average Bonchev–Trinajstić information content (AvgIpc) is 2.99. The molecular formula is C19H24N2O2S. The number of hydrogen-bond donors (Lipinski definition) is 1. The maximum atomic E-state index is 12.8. The molecule has 3 rings (SSSR count). The largest absolute Gasteiger partial charge is 0.356 e. The lowest BCUT2D eigenvalue weighted by atomic mass is 9.81. The number of rotatable bonds is 5. The minimum absolute atomic E-state index is 0.100. The highest BCUT2D eigenvalue weighted by molar-refractivity contribution is 7.17. The Morgan fingerprint density at radius 1 is 1.33 bits per heavy atom. The molecule has 1 amide bonds. The lowest BCUT2D eigenvalue weighted by Gasteiger charge is -2.38. The van der Waals surface area contributed by atoms with E-state index in [9.17, 15) is 9.59 Å². The second-order valence-corrected chi connectivity index (χ2v) is 7.71. The molecule has 0 spiro atoms. The van der Waals surface area contributed by atoms with E-state index >= 15 is 0 Å². The Balaban J connectivity index is 1.71. The Bertz CT molecular complexity index is 755. The zero-order valence-electron chi connectivity index (χ0n) is 14.3. The quantitative estimate of drug-likeness (QED) is 0.847. The molecule has 1 saturated heterocycles. The van der Waals surface area contributed by atoms with Gasteiger partial charge in [-0.15, -0.1) is 11.3 Å². The number of fused-ring (bicyclic) bond motifs is 1. The summed E-state index contributed by atoms with van der Waals surface area (Å²) in [7, 11) is 0. The Kier molecular flexibility index (Phi) is 5.01. The Morgan fingerprint density at radius 2 is 2.12 bits per heavy atom. The van der Waals surface area contributed by atoms with Gasteiger partial charge < -0.3 is 5.32 Å². The van der Waals surface area contributed by atoms with E-state index in [1.54, 1.807) is 11.3 Å². The van der Waals surface area contributed by atoms with Crippen molar-refractivity contribution in [3.05, 3.63) is 35.2 Å². The highest BCUT2D eigenvalue weighted by Gasteiger charge is 2.38. The highest BCUT2D eigenvalue weighted by atomic mass is 32.1. The van der Waals surface area contributed by atoms with Crippen molar-refractivity contribution in [1.29, 1.82) is 0 Å². The van der Waals surface area contributed by atoms with Gasteiger partial charge in [0.25, 0.3) is 0 Å². The molecule has 1 aromatic heterocycles. The van der Waals surface area contributed by atoms with Crippen LogP contribution in [0.25, 0.3) is 10.1 Å². The molecule has 5 heteroatoms. The average molecular weight is 344 g/mol. The van der Waals surface area contributed by atoms with E-state index < -0.39 is 5.41 Å². The molecule has 0 radical (unpaired) electrons. The summed E-state index contributed by atoms with van der Waals surface area (Å²) in [6, 6.07) is 8.02. The van der Waals surface area contributed by atoms with E-state index in [0.29, 0.717) is 19.6 Å². The van der Waals surface area contributed by atoms with Crippen LogP contribution >= 0.6 is 11.3 Å². The predicted molar refractivity (Wildman–Crippen MR) is 98.6 cm³/mol. The smallest absolute Gasteiger partial charge is 0.227 e. The molecule has 2 heterocycles. The van der Waals surface area contributed by atoms with Gasteiger partial charge in [-0.3, -0.25) is 14.5 Å². The van der Waals surface area contributed by atoms with Crippen LogP contribution in [0.1, 0.15) is 37.0 Å². The van der Waals surface area contributed by atoms with Gasteiger partial charge in [0.2, 0.25) is 5.91 Å². The van der Waals surface area contributed by atoms with Gasteiger partial charge in [0.1, 0.15) is 0 Å². The number of Topliss-reactive ketones (excluding diaryl/α,β-unsaturated/α-hetero) is 1. The zero-order chi connectivity index (χ0) is 17.2. The van der Waals surface area contributed by atoms with Crippen LogP contribution in [0.3, 0.4) is 0 Å². The fraction of sp³-hybridized carbons (Fsp3) is 0.474. The maximum Gasteiger partial charge on any atom is 0.227 e. The Labute approximate surface area is 146 Å². The van der Waals surface area contributed by atoms with Gasteiger partial charge in [0.15, 0.2) is 5.78 Å². The predicted octanol–water partition coefficient (Wildman–Crippen LogP) is 3.32. The van der Waals surface area contributed by atoms with Crippen molar-refractivity contribution in [3.63, 3.8) is 0 Å². The van der Waals surface area contributed by atoms with E-state index in [4.69, 9.17) is 0 Å². The maximum absolute atomic E-state index is 12.8. The van der Waals surface area contributed by atoms with Crippen LogP contribution in [0.2, 0.25) is 0 Å². The van der Waals surface area contributed by atoms with Gasteiger partial charge >= 0.3 is 0 Å². The van der Waals surface area contributed by atoms with Crippen LogP contribution < -0.4 is 5.32 Å². The van der Waals surface area contributed by atoms with Gasteiger partial charge in [0, 0.05) is 34.1 Å². The van der Waals surface area contributed by atoms with Crippen LogP contribution in [0.15, 0.2) is 29.6 Å². The standard InChI is InChI=1S/C19H24N2O2S/c1-3-20-18(23)19(2)9-6-10-21(13-19)11-16(22)15-12-24-17-8-5-4-7-14(15)17/h4-5,7-8,12H,3,6,9-11,13H2,1-2H3,(H,20,23). The molecule has 1 fully saturated rings. The van der Waals surface area contributed by atoms with Gasteiger partial charge in [-0.2, -0.15) is 0 Å². The lowest BCUT2D eigenvalue weighted by molar-refractivity contribution is -0.133. The summed E-state index contributed by atoms with van der Waals surface area (Å²) in [4.78, 5) is 27.2. The van der Waals surface area contributed by atoms with Gasteiger partial charge in [-0.1, -0.05) is 18.2 Å². The first kappa shape index (κ1) is 17.1. The number of nitrogens with one attached hydrogen (secondary N) is 1. The summed E-state index contributed by atoms with van der Waals surface area (Å²) < 4.78 is 1.15. The molecule has 24 heavy (non-hydrogen) atoms. The minimum atomic E-state index is -0.398. The molecule has 0 saturated carbocycles. The zero-order valence-corrected chi connectivity index (χ0v) is 15.1. The number of amides is 1. The molecule has 1 aliphatic heterocycles. The molecule has 1 aliphatic rings. The first-order valence-electron chi connectivity index (χ1n) is 8.53. The summed E-state index contributed by atoms with van der Waals surface area (Å²) in [6.07, 6.45) is 1.83. The molecule has 4 nitrogen and oxygen atoms in total. The van der Waals surface area contributed by atoms with E-state index in [0.717, 1.165) is 35.0 Å². The lowest BCUT2D eigenvalue weighted by Crippen LogP contribution is -2.51. The first-order valence-corrected chi connectivity index (χ1v) is 9.41. The highest BCUT2D eigenvalue weighted by Crippen LogP contribution is 2.31. The van der Waals surface area contributed by atoms with Gasteiger partial charge in [-0.05, 0) is 39.3 Å². The molecule has 2 aromatic rings. The normalized spacial score (nSPS) is 21.8. The van der Waals surface area contributed by atoms with Gasteiger partial charge in [-0.25, -0.2) is 0 Å². The SMILES string of the molecule is CCNC(=O)C1(C)CCCN(CC(=O)c2csc3ccccc23)C1. The first-order chi connectivity index (χ1) is 11.5. The number of ketones is 1. The van der Waals surface area contributed by atoms with Crippen molar-refractivity contribution in [2.45, 2.75) is 26.7 Å². The number of piperidine rings is 1. The van der Waals surface area contributed by atoms with Crippen molar-refractivity contribution in [1.82, 2.24) is 10.2 Å². The number of benzene rings is 1. The Morgan fingerprint density at radius 3 is 2.92 bits per heavy atom. The Hall–Kier alpha value is -1.72. The molecule has 1 atom stereocenters. The van der Waals surface area contributed by atoms with E-state index in [-0.39, 0.29) is 11.7 Å². The second kappa shape index (κ2) is 7.03. The van der Waals surface area contributed by atoms with Crippen LogP contribution in [-0.2, 0) is 4.79 Å². The van der Waals surface area contributed by atoms with Crippen molar-refractivity contribution < 1.29 is 9.59 Å². The molecule has 1 unspecified atom stereocenters. The topological polar surface area (TPSA) is 49.4 Å². The molecule has 128 valence electrons. The number of carbonyl (C=O) groups is 2. The summed E-state index contributed by atoms with van der Waals surface area (Å²) in [5.74, 6) is 0.246. The van der Waals surface area contributed by atoms with Crippen molar-refractivity contribution in [2.24, 2.45) is 5.41 Å². The number of carbonyl (C=O) groups excluding carboxylic acids is 2. The summed E-state index contributed by atoms with van der Waals surface area (Å²) in [5.41, 5.74) is 0.409. The monoisotopic (exact) mass is 344 g/mol. The van der Waals surface area contributed by atoms with E-state index in [2.05, 4.69) is 10.2 Å². The molecule has 0 aliphatic carbocycles. The number of hydrogen-bond acceptors (Lipinski definition) is 4. The molecule has 0 bridgehead atoms. The van der Waals surface area contributed by atoms with Crippen LogP contribution in [-0.4, -0.2) is 42.8 Å². The van der Waals surface area contributed by atoms with Crippen LogP contribution in [0.5, 0.6) is 0 Å². The van der Waals surface area contributed by atoms with Crippen LogP contribution in [0.4, 0.5) is 0 Å². The van der Waals surface area contributed by atoms with E-state index in [1.165, 1.54) is 0 Å². The number of nitrogens with zero attached hydrogens (tertiary/aromatic N) is 1. The minimum Gasteiger partial charge on any atom is -0.356 e. The third kappa shape index (κ3) is 3.37. The van der Waals surface area contributed by atoms with E-state index in [1.807, 2.05) is 43.5 Å². The fourth-order valence-corrected chi connectivity index (χ4v) is 4.49. The molecule has 1 N–H and O–H groups in total. The third-order valence-electron chi connectivity index (χ3n) is 4.81. The molecule has 1 aromatic carbocycles. The number of thiophene rings is 1. The van der Waals surface area contributed by atoms with Crippen LogP contribution in [0, 0.1) is 5.41 Å². The molecular weight excluding hydrogens is 320 g/mol. The summed E-state index contributed by atoms with van der Waals surface area (Å²) >= 11 is 1.61. The summed E-state index contributed by atoms with van der Waals surface area (Å²) in [5, 5.41) is 5.93. The van der Waals surface area contributed by atoms with Crippen molar-refractivity contribution >= 4 is 33.1 Å². The third-order valence-corrected chi connectivity index (χ3v) is 5.77. The second-order valence-electron chi connectivity index (χ2n) is 6.80. The fourth-order valence-electron chi connectivity index (χ4n) is 3.52. The number of likely N-dealkylation sites (tertiary alicyclic amines) is 1. The van der Waals surface area contributed by atoms with Crippen molar-refractivity contribution in [3.8, 4) is 0 Å².